The van der Waals surface area contributed by atoms with Crippen molar-refractivity contribution in [1.29, 1.82) is 0 Å². The van der Waals surface area contributed by atoms with Gasteiger partial charge in [0.25, 0.3) is 5.91 Å². The third-order valence-electron chi connectivity index (χ3n) is 5.33. The van der Waals surface area contributed by atoms with E-state index in [2.05, 4.69) is 26.8 Å². The average molecular weight is 486 g/mol. The van der Waals surface area contributed by atoms with E-state index in [1.54, 1.807) is 18.3 Å². The van der Waals surface area contributed by atoms with Crippen molar-refractivity contribution in [3.8, 4) is 0 Å². The van der Waals surface area contributed by atoms with Crippen LogP contribution >= 0.6 is 11.6 Å². The predicted octanol–water partition coefficient (Wildman–Crippen LogP) is 4.04. The summed E-state index contributed by atoms with van der Waals surface area (Å²) < 4.78 is 18.9. The van der Waals surface area contributed by atoms with Gasteiger partial charge in [-0.15, -0.1) is 0 Å². The fourth-order valence-electron chi connectivity index (χ4n) is 3.53. The normalized spacial score (nSPS) is 14.2. The summed E-state index contributed by atoms with van der Waals surface area (Å²) in [5.41, 5.74) is 1.65. The summed E-state index contributed by atoms with van der Waals surface area (Å²) in [6, 6.07) is 9.39. The van der Waals surface area contributed by atoms with Crippen LogP contribution in [-0.2, 0) is 14.4 Å². The first-order valence-corrected chi connectivity index (χ1v) is 11.3. The second-order valence-electron chi connectivity index (χ2n) is 7.74. The zero-order valence-electron chi connectivity index (χ0n) is 18.5. The number of nitrogens with one attached hydrogen (secondary N) is 1. The molecule has 2 aromatic carbocycles. The van der Waals surface area contributed by atoms with Crippen molar-refractivity contribution in [3.05, 3.63) is 72.0 Å². The van der Waals surface area contributed by atoms with Crippen LogP contribution in [0.1, 0.15) is 6.42 Å². The molecule has 1 aromatic heterocycles. The highest BCUT2D eigenvalue weighted by atomic mass is 35.5. The Hall–Kier alpha value is -3.11. The lowest BCUT2D eigenvalue weighted by Gasteiger charge is -2.27. The van der Waals surface area contributed by atoms with Crippen molar-refractivity contribution in [2.45, 2.75) is 6.42 Å². The van der Waals surface area contributed by atoms with E-state index < -0.39 is 11.7 Å². The number of benzene rings is 2. The molecule has 1 aliphatic heterocycles. The van der Waals surface area contributed by atoms with Gasteiger partial charge in [0.05, 0.1) is 41.7 Å². The van der Waals surface area contributed by atoms with Crippen LogP contribution in [0.2, 0.25) is 5.02 Å². The number of rotatable bonds is 9. The lowest BCUT2D eigenvalue weighted by Crippen LogP contribution is -2.38. The number of ether oxygens (including phenoxy) is 1. The van der Waals surface area contributed by atoms with Crippen molar-refractivity contribution >= 4 is 39.8 Å². The monoisotopic (exact) mass is 485 g/mol. The fraction of sp³-hybridized carbons (Fsp3) is 0.292. The van der Waals surface area contributed by atoms with Gasteiger partial charge in [-0.2, -0.15) is 5.06 Å². The van der Waals surface area contributed by atoms with E-state index in [1.165, 1.54) is 29.6 Å². The molecule has 0 spiro atoms. The minimum Gasteiger partial charge on any atom is -0.379 e. The summed E-state index contributed by atoms with van der Waals surface area (Å²) in [6.45, 7) is 8.22. The molecule has 0 radical (unpaired) electrons. The van der Waals surface area contributed by atoms with E-state index in [0.717, 1.165) is 44.7 Å². The molecular weight excluding hydrogens is 461 g/mol. The average Bonchev–Trinajstić information content (AvgIpc) is 2.86. The molecule has 0 bridgehead atoms. The zero-order chi connectivity index (χ0) is 23.9. The number of hydrogen-bond acceptors (Lipinski definition) is 7. The molecule has 1 saturated heterocycles. The number of hydrogen-bond donors (Lipinski definition) is 1. The highest BCUT2D eigenvalue weighted by Gasteiger charge is 2.21. The Morgan fingerprint density at radius 2 is 2.09 bits per heavy atom. The summed E-state index contributed by atoms with van der Waals surface area (Å²) in [7, 11) is 0. The maximum absolute atomic E-state index is 13.5. The first kappa shape index (κ1) is 24.0. The van der Waals surface area contributed by atoms with Gasteiger partial charge in [0.2, 0.25) is 0 Å². The van der Waals surface area contributed by atoms with Crippen LogP contribution in [0.5, 0.6) is 0 Å². The van der Waals surface area contributed by atoms with Gasteiger partial charge in [0.1, 0.15) is 12.1 Å². The summed E-state index contributed by atoms with van der Waals surface area (Å²) >= 11 is 5.85. The van der Waals surface area contributed by atoms with E-state index in [-0.39, 0.29) is 10.7 Å². The topological polar surface area (TPSA) is 79.8 Å². The van der Waals surface area contributed by atoms with Crippen LogP contribution in [0.15, 0.2) is 61.2 Å². The van der Waals surface area contributed by atoms with Crippen molar-refractivity contribution in [2.75, 3.05) is 49.8 Å². The maximum atomic E-state index is 13.5. The molecule has 2 heterocycles. The molecule has 0 aliphatic carbocycles. The van der Waals surface area contributed by atoms with Gasteiger partial charge in [-0.3, -0.25) is 14.5 Å². The van der Waals surface area contributed by atoms with Gasteiger partial charge in [0, 0.05) is 36.9 Å². The lowest BCUT2D eigenvalue weighted by atomic mass is 10.2. The predicted molar refractivity (Wildman–Crippen MR) is 129 cm³/mol. The highest BCUT2D eigenvalue weighted by molar-refractivity contribution is 6.31. The summed E-state index contributed by atoms with van der Waals surface area (Å²) in [5, 5.41) is 4.85. The van der Waals surface area contributed by atoms with Gasteiger partial charge in [0.15, 0.2) is 0 Å². The largest absolute Gasteiger partial charge is 0.379 e. The van der Waals surface area contributed by atoms with Crippen molar-refractivity contribution < 1.29 is 18.8 Å². The molecule has 3 aromatic rings. The third kappa shape index (κ3) is 6.06. The van der Waals surface area contributed by atoms with Gasteiger partial charge in [-0.1, -0.05) is 18.2 Å². The molecule has 1 fully saturated rings. The molecule has 34 heavy (non-hydrogen) atoms. The second-order valence-corrected chi connectivity index (χ2v) is 8.15. The Kier molecular flexibility index (Phi) is 8.02. The molecule has 8 nitrogen and oxygen atoms in total. The lowest BCUT2D eigenvalue weighted by molar-refractivity contribution is -0.122. The molecule has 1 aliphatic rings. The Balaban J connectivity index is 1.48. The number of morpholine rings is 1. The van der Waals surface area contributed by atoms with E-state index in [0.29, 0.717) is 23.5 Å². The van der Waals surface area contributed by atoms with Crippen LogP contribution in [0.4, 0.5) is 15.8 Å². The number of hydroxylamine groups is 1. The SMILES string of the molecule is C=C(Nc1ccc(F)c(Cl)c1)C(=O)N(OCCCN1CCOCC1)c1ccc2cncnc2c1. The van der Waals surface area contributed by atoms with Gasteiger partial charge >= 0.3 is 0 Å². The number of anilines is 2. The number of carbonyl (C=O) groups is 1. The molecule has 0 saturated carbocycles. The molecular formula is C24H25ClFN5O3. The van der Waals surface area contributed by atoms with Crippen LogP contribution in [0, 0.1) is 5.82 Å². The fourth-order valence-corrected chi connectivity index (χ4v) is 3.71. The molecule has 178 valence electrons. The Bertz CT molecular complexity index is 1170. The van der Waals surface area contributed by atoms with E-state index in [1.807, 2.05) is 6.07 Å². The molecule has 1 N–H and O–H groups in total. The van der Waals surface area contributed by atoms with Crippen LogP contribution < -0.4 is 10.4 Å². The van der Waals surface area contributed by atoms with Gasteiger partial charge in [-0.05, 0) is 42.8 Å². The summed E-state index contributed by atoms with van der Waals surface area (Å²) in [5.74, 6) is -1.05. The Morgan fingerprint density at radius 3 is 2.88 bits per heavy atom. The number of aromatic nitrogens is 2. The maximum Gasteiger partial charge on any atom is 0.297 e. The van der Waals surface area contributed by atoms with E-state index in [9.17, 15) is 9.18 Å². The first-order chi connectivity index (χ1) is 16.5. The first-order valence-electron chi connectivity index (χ1n) is 10.9. The second kappa shape index (κ2) is 11.3. The number of halogens is 2. The minimum absolute atomic E-state index is 0.0404. The van der Waals surface area contributed by atoms with Crippen molar-refractivity contribution in [1.82, 2.24) is 14.9 Å². The highest BCUT2D eigenvalue weighted by Crippen LogP contribution is 2.24. The molecule has 1 amide bonds. The molecule has 10 heteroatoms. The molecule has 4 rings (SSSR count). The Labute approximate surface area is 201 Å². The van der Waals surface area contributed by atoms with Crippen LogP contribution in [-0.4, -0.2) is 60.2 Å². The van der Waals surface area contributed by atoms with Gasteiger partial charge < -0.3 is 10.1 Å². The zero-order valence-corrected chi connectivity index (χ0v) is 19.3. The smallest absolute Gasteiger partial charge is 0.297 e. The van der Waals surface area contributed by atoms with Crippen molar-refractivity contribution in [3.63, 3.8) is 0 Å². The minimum atomic E-state index is -0.549. The number of nitrogens with zero attached hydrogens (tertiary/aromatic N) is 4. The summed E-state index contributed by atoms with van der Waals surface area (Å²) in [6.07, 6.45) is 3.87. The number of fused-ring (bicyclic) bond motifs is 1. The van der Waals surface area contributed by atoms with Crippen molar-refractivity contribution in [2.24, 2.45) is 0 Å². The van der Waals surface area contributed by atoms with E-state index in [4.69, 9.17) is 21.2 Å². The Morgan fingerprint density at radius 1 is 1.26 bits per heavy atom. The van der Waals surface area contributed by atoms with Crippen LogP contribution in [0.25, 0.3) is 10.9 Å². The quantitative estimate of drug-likeness (QED) is 0.278. The van der Waals surface area contributed by atoms with E-state index >= 15 is 0 Å². The van der Waals surface area contributed by atoms with Crippen LogP contribution in [0.3, 0.4) is 0 Å². The third-order valence-corrected chi connectivity index (χ3v) is 5.62. The standard InChI is InChI=1S/C24H25ClFN5O3/c1-17(29-19-4-6-22(26)21(25)13-19)24(32)31(34-10-2-7-30-8-11-33-12-9-30)20-5-3-18-15-27-16-28-23(18)14-20/h3-6,13-16,29H,1-2,7-12H2. The van der Waals surface area contributed by atoms with Gasteiger partial charge in [-0.25, -0.2) is 14.4 Å². The molecule has 0 atom stereocenters. The molecule has 0 unspecified atom stereocenters. The summed E-state index contributed by atoms with van der Waals surface area (Å²) in [4.78, 5) is 29.8. The number of carbonyl (C=O) groups excluding carboxylic acids is 1. The number of amides is 1.